The second-order valence-corrected chi connectivity index (χ2v) is 9.58. The van der Waals surface area contributed by atoms with E-state index in [1.54, 1.807) is 0 Å². The topological polar surface area (TPSA) is 40.9 Å². The summed E-state index contributed by atoms with van der Waals surface area (Å²) < 4.78 is 0. The van der Waals surface area contributed by atoms with Crippen molar-refractivity contribution in [2.45, 2.75) is 96.8 Å². The molecule has 2 heteroatoms. The van der Waals surface area contributed by atoms with Crippen molar-refractivity contribution in [3.05, 3.63) is 59.2 Å². The first-order chi connectivity index (χ1) is 15.7. The highest BCUT2D eigenvalue weighted by Crippen LogP contribution is 2.41. The molecule has 0 amide bonds. The molecule has 1 fully saturated rings. The second-order valence-electron chi connectivity index (χ2n) is 9.58. The van der Waals surface area contributed by atoms with Crippen molar-refractivity contribution < 1.29 is 4.79 Å². The van der Waals surface area contributed by atoms with E-state index >= 15 is 0 Å². The van der Waals surface area contributed by atoms with Gasteiger partial charge in [-0.2, -0.15) is 5.26 Å². The van der Waals surface area contributed by atoms with Crippen LogP contribution >= 0.6 is 0 Å². The maximum atomic E-state index is 12.2. The van der Waals surface area contributed by atoms with Crippen molar-refractivity contribution in [2.75, 3.05) is 0 Å². The average molecular weight is 430 g/mol. The Morgan fingerprint density at radius 3 is 2.28 bits per heavy atom. The fraction of sp³-hybridized carbons (Fsp3) is 0.533. The van der Waals surface area contributed by atoms with Gasteiger partial charge in [-0.3, -0.25) is 4.79 Å². The van der Waals surface area contributed by atoms with E-state index < -0.39 is 0 Å². The van der Waals surface area contributed by atoms with E-state index in [4.69, 9.17) is 0 Å². The Bertz CT molecular complexity index is 897. The molecule has 0 N–H and O–H groups in total. The zero-order valence-corrected chi connectivity index (χ0v) is 20.0. The fourth-order valence-corrected chi connectivity index (χ4v) is 5.24. The normalized spacial score (nSPS) is 18.3. The van der Waals surface area contributed by atoms with Crippen molar-refractivity contribution >= 4 is 5.78 Å². The number of hydrogen-bond acceptors (Lipinski definition) is 2. The molecule has 0 bridgehead atoms. The molecule has 0 atom stereocenters. The van der Waals surface area contributed by atoms with Crippen LogP contribution in [0.25, 0.3) is 11.1 Å². The molecule has 2 aromatic rings. The van der Waals surface area contributed by atoms with Crippen LogP contribution in [0.15, 0.2) is 42.5 Å². The molecule has 2 nitrogen and oxygen atoms in total. The molecule has 170 valence electrons. The molecule has 0 spiro atoms. The van der Waals surface area contributed by atoms with Gasteiger partial charge < -0.3 is 0 Å². The third-order valence-corrected chi connectivity index (χ3v) is 7.18. The van der Waals surface area contributed by atoms with Crippen LogP contribution in [0.3, 0.4) is 0 Å². The first-order valence-corrected chi connectivity index (χ1v) is 12.8. The second kappa shape index (κ2) is 12.6. The van der Waals surface area contributed by atoms with E-state index in [0.29, 0.717) is 12.3 Å². The summed E-state index contributed by atoms with van der Waals surface area (Å²) >= 11 is 0. The number of rotatable bonds is 11. The van der Waals surface area contributed by atoms with E-state index in [0.717, 1.165) is 29.0 Å². The third kappa shape index (κ3) is 6.55. The summed E-state index contributed by atoms with van der Waals surface area (Å²) in [7, 11) is 0. The zero-order chi connectivity index (χ0) is 22.8. The summed E-state index contributed by atoms with van der Waals surface area (Å²) in [6.07, 6.45) is 14.7. The molecule has 2 aromatic carbocycles. The predicted octanol–water partition coefficient (Wildman–Crippen LogP) is 8.84. The average Bonchev–Trinajstić information content (AvgIpc) is 2.84. The van der Waals surface area contributed by atoms with Crippen LogP contribution in [0, 0.1) is 17.2 Å². The molecule has 0 unspecified atom stereocenters. The molecule has 0 aromatic heterocycles. The minimum Gasteiger partial charge on any atom is -0.294 e. The number of nitrogens with zero attached hydrogens (tertiary/aromatic N) is 1. The maximum absolute atomic E-state index is 12.2. The highest BCUT2D eigenvalue weighted by molar-refractivity contribution is 5.96. The molecule has 0 saturated heterocycles. The highest BCUT2D eigenvalue weighted by Gasteiger charge is 2.24. The van der Waals surface area contributed by atoms with Gasteiger partial charge in [0.25, 0.3) is 0 Å². The lowest BCUT2D eigenvalue weighted by Gasteiger charge is -2.30. The van der Waals surface area contributed by atoms with E-state index in [9.17, 15) is 10.1 Å². The molecule has 0 radical (unpaired) electrons. The van der Waals surface area contributed by atoms with Crippen LogP contribution in [-0.2, 0) is 0 Å². The van der Waals surface area contributed by atoms with E-state index in [2.05, 4.69) is 37.3 Å². The van der Waals surface area contributed by atoms with Gasteiger partial charge in [-0.1, -0.05) is 82.7 Å². The minimum atomic E-state index is 0.215. The van der Waals surface area contributed by atoms with Crippen LogP contribution in [0.5, 0.6) is 0 Å². The zero-order valence-electron chi connectivity index (χ0n) is 20.0. The van der Waals surface area contributed by atoms with Crippen molar-refractivity contribution in [1.82, 2.24) is 0 Å². The smallest absolute Gasteiger partial charge is 0.162 e. The molecule has 1 saturated carbocycles. The van der Waals surface area contributed by atoms with Crippen molar-refractivity contribution in [3.8, 4) is 17.2 Å². The van der Waals surface area contributed by atoms with Gasteiger partial charge >= 0.3 is 0 Å². The lowest BCUT2D eigenvalue weighted by Crippen LogP contribution is -2.14. The number of hydrogen-bond donors (Lipinski definition) is 0. The molecular weight excluding hydrogens is 390 g/mol. The summed E-state index contributed by atoms with van der Waals surface area (Å²) in [6.45, 7) is 4.31. The molecule has 0 aliphatic heterocycles. The molecule has 32 heavy (non-hydrogen) atoms. The van der Waals surface area contributed by atoms with Crippen LogP contribution in [-0.4, -0.2) is 5.78 Å². The standard InChI is InChI=1S/C30H39NO/c1-3-5-6-7-8-10-23-11-14-26(15-12-23)29-21-24(22-31)13-20-28(29)25-16-18-27(19-17-25)30(32)9-4-2/h13,16-21,23,26H,3-12,14-15H2,1-2H3. The Labute approximate surface area is 195 Å². The number of Topliss-reactive ketones (excluding diaryl/α,β-unsaturated/α-hetero) is 1. The fourth-order valence-electron chi connectivity index (χ4n) is 5.24. The number of benzene rings is 2. The van der Waals surface area contributed by atoms with Gasteiger partial charge in [0.2, 0.25) is 0 Å². The van der Waals surface area contributed by atoms with Crippen molar-refractivity contribution in [1.29, 1.82) is 5.26 Å². The van der Waals surface area contributed by atoms with Crippen LogP contribution in [0.1, 0.15) is 118 Å². The van der Waals surface area contributed by atoms with Gasteiger partial charge in [0, 0.05) is 12.0 Å². The van der Waals surface area contributed by atoms with Gasteiger partial charge in [-0.15, -0.1) is 0 Å². The van der Waals surface area contributed by atoms with Gasteiger partial charge in [0.05, 0.1) is 11.6 Å². The van der Waals surface area contributed by atoms with Gasteiger partial charge in [-0.05, 0) is 72.8 Å². The summed E-state index contributed by atoms with van der Waals surface area (Å²) in [4.78, 5) is 12.2. The minimum absolute atomic E-state index is 0.215. The Kier molecular flexibility index (Phi) is 9.54. The van der Waals surface area contributed by atoms with E-state index in [1.807, 2.05) is 25.1 Å². The highest BCUT2D eigenvalue weighted by atomic mass is 16.1. The Morgan fingerprint density at radius 1 is 0.906 bits per heavy atom. The molecule has 0 heterocycles. The third-order valence-electron chi connectivity index (χ3n) is 7.18. The summed E-state index contributed by atoms with van der Waals surface area (Å²) in [5.74, 6) is 1.61. The Hall–Kier alpha value is -2.40. The largest absolute Gasteiger partial charge is 0.294 e. The summed E-state index contributed by atoms with van der Waals surface area (Å²) in [6, 6.07) is 16.6. The first kappa shape index (κ1) is 24.2. The van der Waals surface area contributed by atoms with Crippen LogP contribution in [0.4, 0.5) is 0 Å². The predicted molar refractivity (Wildman–Crippen MR) is 134 cm³/mol. The molecule has 3 rings (SSSR count). The summed E-state index contributed by atoms with van der Waals surface area (Å²) in [5, 5.41) is 9.48. The van der Waals surface area contributed by atoms with Crippen LogP contribution in [0.2, 0.25) is 0 Å². The van der Waals surface area contributed by atoms with Gasteiger partial charge in [-0.25, -0.2) is 0 Å². The molecule has 1 aliphatic rings. The Morgan fingerprint density at radius 2 is 1.62 bits per heavy atom. The summed E-state index contributed by atoms with van der Waals surface area (Å²) in [5.41, 5.74) is 5.23. The van der Waals surface area contributed by atoms with E-state index in [1.165, 1.54) is 75.3 Å². The number of carbonyl (C=O) groups excluding carboxylic acids is 1. The van der Waals surface area contributed by atoms with Crippen molar-refractivity contribution in [2.24, 2.45) is 5.92 Å². The number of nitriles is 1. The van der Waals surface area contributed by atoms with Gasteiger partial charge in [0.15, 0.2) is 5.78 Å². The van der Waals surface area contributed by atoms with Gasteiger partial charge in [0.1, 0.15) is 0 Å². The number of ketones is 1. The monoisotopic (exact) mass is 429 g/mol. The Balaban J connectivity index is 1.69. The lowest BCUT2D eigenvalue weighted by atomic mass is 9.75. The molecular formula is C30H39NO. The maximum Gasteiger partial charge on any atom is 0.162 e. The van der Waals surface area contributed by atoms with E-state index in [-0.39, 0.29) is 5.78 Å². The first-order valence-electron chi connectivity index (χ1n) is 12.8. The molecule has 1 aliphatic carbocycles. The SMILES string of the molecule is CCCCCCCC1CCC(c2cc(C#N)ccc2-c2ccc(C(=O)CCC)cc2)CC1. The quantitative estimate of drug-likeness (QED) is 0.264. The van der Waals surface area contributed by atoms with Crippen LogP contribution < -0.4 is 0 Å². The lowest BCUT2D eigenvalue weighted by molar-refractivity contribution is 0.0982. The number of carbonyl (C=O) groups is 1. The number of unbranched alkanes of at least 4 members (excludes halogenated alkanes) is 4. The van der Waals surface area contributed by atoms with Crippen molar-refractivity contribution in [3.63, 3.8) is 0 Å².